The van der Waals surface area contributed by atoms with E-state index in [2.05, 4.69) is 0 Å². The molecule has 2 aromatic carbocycles. The quantitative estimate of drug-likeness (QED) is 0.782. The third-order valence-corrected chi connectivity index (χ3v) is 2.60. The van der Waals surface area contributed by atoms with Gasteiger partial charge in [-0.05, 0) is 11.6 Å². The Balaban J connectivity index is 2.29. The average Bonchev–Trinajstić information content (AvgIpc) is 2.43. The molecule has 0 fully saturated rings. The van der Waals surface area contributed by atoms with Crippen LogP contribution in [0.25, 0.3) is 0 Å². The minimum Gasteiger partial charge on any atom is -0.388 e. The molecule has 4 heteroatoms. The largest absolute Gasteiger partial charge is 0.388 e. The van der Waals surface area contributed by atoms with Crippen molar-refractivity contribution in [2.24, 2.45) is 0 Å². The topological polar surface area (TPSA) is 66.0 Å². The minimum absolute atomic E-state index is 0.351. The number of nitriles is 2. The summed E-state index contributed by atoms with van der Waals surface area (Å²) in [6, 6.07) is 14.8. The molecule has 0 aliphatic carbocycles. The first-order valence-electron chi connectivity index (χ1n) is 5.62. The standard InChI is InChI=1S/C15H10N2O2/c16-10-18-14-7-6-13(15(9-14)19-11-17)8-12-4-2-1-3-5-12/h1-7,9H,8H2. The maximum absolute atomic E-state index is 8.65. The van der Waals surface area contributed by atoms with Gasteiger partial charge < -0.3 is 9.47 Å². The van der Waals surface area contributed by atoms with Crippen molar-refractivity contribution < 1.29 is 9.47 Å². The zero-order valence-corrected chi connectivity index (χ0v) is 10.0. The summed E-state index contributed by atoms with van der Waals surface area (Å²) in [6.07, 6.45) is 3.87. The number of hydrogen-bond donors (Lipinski definition) is 0. The van der Waals surface area contributed by atoms with Crippen molar-refractivity contribution in [1.29, 1.82) is 10.5 Å². The van der Waals surface area contributed by atoms with E-state index in [1.165, 1.54) is 6.07 Å². The van der Waals surface area contributed by atoms with Crippen LogP contribution in [0.15, 0.2) is 48.5 Å². The first-order valence-corrected chi connectivity index (χ1v) is 5.62. The van der Waals surface area contributed by atoms with Crippen LogP contribution in [-0.2, 0) is 6.42 Å². The maximum atomic E-state index is 8.65. The van der Waals surface area contributed by atoms with Crippen molar-refractivity contribution in [3.05, 3.63) is 59.7 Å². The second kappa shape index (κ2) is 6.09. The minimum atomic E-state index is 0.351. The van der Waals surface area contributed by atoms with Gasteiger partial charge in [0, 0.05) is 18.1 Å². The highest BCUT2D eigenvalue weighted by Crippen LogP contribution is 2.27. The predicted octanol–water partition coefficient (Wildman–Crippen LogP) is 3.00. The van der Waals surface area contributed by atoms with Crippen molar-refractivity contribution in [2.75, 3.05) is 0 Å². The Morgan fingerprint density at radius 1 is 0.895 bits per heavy atom. The van der Waals surface area contributed by atoms with Gasteiger partial charge in [0.05, 0.1) is 0 Å². The molecular weight excluding hydrogens is 240 g/mol. The van der Waals surface area contributed by atoms with Crippen LogP contribution in [0.1, 0.15) is 11.1 Å². The third-order valence-electron chi connectivity index (χ3n) is 2.60. The Kier molecular flexibility index (Phi) is 4.00. The van der Waals surface area contributed by atoms with Crippen LogP contribution in [-0.4, -0.2) is 0 Å². The monoisotopic (exact) mass is 250 g/mol. The van der Waals surface area contributed by atoms with Crippen LogP contribution in [0, 0.1) is 23.0 Å². The first kappa shape index (κ1) is 12.5. The molecule has 0 amide bonds. The number of hydrogen-bond acceptors (Lipinski definition) is 4. The van der Waals surface area contributed by atoms with Gasteiger partial charge in [-0.15, -0.1) is 10.5 Å². The van der Waals surface area contributed by atoms with E-state index < -0.39 is 0 Å². The summed E-state index contributed by atoms with van der Waals surface area (Å²) in [7, 11) is 0. The molecule has 0 aliphatic heterocycles. The maximum Gasteiger partial charge on any atom is 0.292 e. The summed E-state index contributed by atoms with van der Waals surface area (Å²) in [5.74, 6) is 0.753. The van der Waals surface area contributed by atoms with Gasteiger partial charge in [-0.1, -0.05) is 36.4 Å². The van der Waals surface area contributed by atoms with Crippen molar-refractivity contribution in [3.8, 4) is 24.0 Å². The predicted molar refractivity (Wildman–Crippen MR) is 68.2 cm³/mol. The summed E-state index contributed by atoms with van der Waals surface area (Å²) < 4.78 is 9.63. The highest BCUT2D eigenvalue weighted by atomic mass is 16.5. The zero-order chi connectivity index (χ0) is 13.5. The van der Waals surface area contributed by atoms with E-state index in [0.29, 0.717) is 17.9 Å². The Hall–Kier alpha value is -2.98. The Morgan fingerprint density at radius 3 is 2.32 bits per heavy atom. The summed E-state index contributed by atoms with van der Waals surface area (Å²) in [6.45, 7) is 0. The fourth-order valence-electron chi connectivity index (χ4n) is 1.76. The average molecular weight is 250 g/mol. The zero-order valence-electron chi connectivity index (χ0n) is 10.0. The molecule has 2 aromatic rings. The van der Waals surface area contributed by atoms with Crippen LogP contribution < -0.4 is 9.47 Å². The molecule has 0 unspecified atom stereocenters. The second-order valence-corrected chi connectivity index (χ2v) is 3.82. The van der Waals surface area contributed by atoms with Crippen LogP contribution in [0.4, 0.5) is 0 Å². The molecule has 0 saturated heterocycles. The Bertz CT molecular complexity index is 639. The van der Waals surface area contributed by atoms with Crippen molar-refractivity contribution >= 4 is 0 Å². The summed E-state index contributed by atoms with van der Waals surface area (Å²) in [4.78, 5) is 0. The fourth-order valence-corrected chi connectivity index (χ4v) is 1.76. The van der Waals surface area contributed by atoms with Gasteiger partial charge in [0.15, 0.2) is 0 Å². The molecule has 2 rings (SSSR count). The second-order valence-electron chi connectivity index (χ2n) is 3.82. The number of rotatable bonds is 4. The number of nitrogens with zero attached hydrogens (tertiary/aromatic N) is 2. The normalized spacial score (nSPS) is 9.16. The summed E-state index contributed by atoms with van der Waals surface area (Å²) in [5, 5.41) is 17.1. The lowest BCUT2D eigenvalue weighted by Crippen LogP contribution is -1.94. The van der Waals surface area contributed by atoms with Gasteiger partial charge in [0.1, 0.15) is 11.5 Å². The molecule has 0 heterocycles. The van der Waals surface area contributed by atoms with Crippen LogP contribution in [0.2, 0.25) is 0 Å². The molecule has 0 aliphatic rings. The van der Waals surface area contributed by atoms with Crippen molar-refractivity contribution in [3.63, 3.8) is 0 Å². The summed E-state index contributed by atoms with van der Waals surface area (Å²) in [5.41, 5.74) is 1.97. The lowest BCUT2D eigenvalue weighted by atomic mass is 10.0. The first-order chi connectivity index (χ1) is 9.33. The fraction of sp³-hybridized carbons (Fsp3) is 0.0667. The Morgan fingerprint density at radius 2 is 1.63 bits per heavy atom. The lowest BCUT2D eigenvalue weighted by molar-refractivity contribution is 0.480. The van der Waals surface area contributed by atoms with E-state index in [4.69, 9.17) is 20.0 Å². The smallest absolute Gasteiger partial charge is 0.292 e. The van der Waals surface area contributed by atoms with Crippen LogP contribution >= 0.6 is 0 Å². The third kappa shape index (κ3) is 3.24. The summed E-state index contributed by atoms with van der Waals surface area (Å²) >= 11 is 0. The number of ether oxygens (including phenoxy) is 2. The van der Waals surface area contributed by atoms with E-state index in [1.54, 1.807) is 24.6 Å². The van der Waals surface area contributed by atoms with E-state index in [1.807, 2.05) is 30.3 Å². The molecule has 0 atom stereocenters. The molecule has 0 radical (unpaired) electrons. The lowest BCUT2D eigenvalue weighted by Gasteiger charge is -2.07. The van der Waals surface area contributed by atoms with E-state index in [0.717, 1.165) is 11.1 Å². The molecule has 19 heavy (non-hydrogen) atoms. The van der Waals surface area contributed by atoms with Gasteiger partial charge in [-0.25, -0.2) is 0 Å². The molecule has 0 spiro atoms. The Labute approximate surface area is 111 Å². The van der Waals surface area contributed by atoms with Crippen molar-refractivity contribution in [1.82, 2.24) is 0 Å². The van der Waals surface area contributed by atoms with Crippen LogP contribution in [0.5, 0.6) is 11.5 Å². The highest BCUT2D eigenvalue weighted by Gasteiger charge is 2.07. The van der Waals surface area contributed by atoms with Gasteiger partial charge in [0.2, 0.25) is 0 Å². The molecule has 0 bridgehead atoms. The SMILES string of the molecule is N#COc1ccc(Cc2ccccc2)c(OC#N)c1. The highest BCUT2D eigenvalue weighted by molar-refractivity contribution is 5.44. The molecule has 4 nitrogen and oxygen atoms in total. The van der Waals surface area contributed by atoms with Gasteiger partial charge in [-0.3, -0.25) is 0 Å². The molecular formula is C15H10N2O2. The van der Waals surface area contributed by atoms with E-state index in [9.17, 15) is 0 Å². The van der Waals surface area contributed by atoms with Crippen LogP contribution in [0.3, 0.4) is 0 Å². The van der Waals surface area contributed by atoms with Gasteiger partial charge >= 0.3 is 0 Å². The molecule has 92 valence electrons. The van der Waals surface area contributed by atoms with Crippen molar-refractivity contribution in [2.45, 2.75) is 6.42 Å². The molecule has 0 aromatic heterocycles. The van der Waals surface area contributed by atoms with Gasteiger partial charge in [-0.2, -0.15) is 0 Å². The van der Waals surface area contributed by atoms with Gasteiger partial charge in [0.25, 0.3) is 12.5 Å². The molecule has 0 saturated carbocycles. The number of benzene rings is 2. The van der Waals surface area contributed by atoms with E-state index in [-0.39, 0.29) is 0 Å². The molecule has 0 N–H and O–H groups in total. The van der Waals surface area contributed by atoms with E-state index >= 15 is 0 Å².